The summed E-state index contributed by atoms with van der Waals surface area (Å²) in [4.78, 5) is 24.7. The molecule has 3 heterocycles. The van der Waals surface area contributed by atoms with E-state index in [1.165, 1.54) is 10.9 Å². The molecule has 10 nitrogen and oxygen atoms in total. The zero-order valence-corrected chi connectivity index (χ0v) is 15.8. The van der Waals surface area contributed by atoms with E-state index in [1.807, 2.05) is 0 Å². The summed E-state index contributed by atoms with van der Waals surface area (Å²) in [5.41, 5.74) is 6.60. The van der Waals surface area contributed by atoms with Crippen molar-refractivity contribution >= 4 is 22.9 Å². The van der Waals surface area contributed by atoms with Gasteiger partial charge in [0.1, 0.15) is 17.7 Å². The number of aliphatic hydroxyl groups excluding tert-OH is 2. The predicted octanol–water partition coefficient (Wildman–Crippen LogP) is -0.294. The van der Waals surface area contributed by atoms with Crippen LogP contribution in [0, 0.1) is 11.8 Å². The lowest BCUT2D eigenvalue weighted by Crippen LogP contribution is -2.42. The fourth-order valence-electron chi connectivity index (χ4n) is 2.97. The lowest BCUT2D eigenvalue weighted by molar-refractivity contribution is -0.137. The number of carbonyl (C=O) groups is 1. The number of unbranched alkanes of at least 4 members (excludes halogenated alkanes) is 2. The van der Waals surface area contributed by atoms with Crippen LogP contribution in [0.25, 0.3) is 11.2 Å². The minimum atomic E-state index is -1.39. The van der Waals surface area contributed by atoms with Crippen molar-refractivity contribution in [3.8, 4) is 11.8 Å². The van der Waals surface area contributed by atoms with Crippen LogP contribution < -0.4 is 11.1 Å². The van der Waals surface area contributed by atoms with E-state index in [2.05, 4.69) is 39.0 Å². The molecular weight excluding hydrogens is 364 g/mol. The van der Waals surface area contributed by atoms with E-state index in [0.29, 0.717) is 17.7 Å². The molecule has 2 aromatic rings. The molecule has 150 valence electrons. The van der Waals surface area contributed by atoms with Gasteiger partial charge in [-0.05, 0) is 19.3 Å². The summed E-state index contributed by atoms with van der Waals surface area (Å²) in [5.74, 6) is 5.75. The fourth-order valence-corrected chi connectivity index (χ4v) is 2.97. The topological polar surface area (TPSA) is 148 Å². The quantitative estimate of drug-likeness (QED) is 0.403. The number of aromatic nitrogens is 4. The highest BCUT2D eigenvalue weighted by atomic mass is 16.6. The molecule has 1 amide bonds. The zero-order chi connectivity index (χ0) is 20.3. The second-order valence-corrected chi connectivity index (χ2v) is 6.48. The van der Waals surface area contributed by atoms with Crippen LogP contribution in [0.1, 0.15) is 45.2 Å². The number of rotatable bonds is 5. The van der Waals surface area contributed by atoms with Gasteiger partial charge in [0.2, 0.25) is 5.82 Å². The summed E-state index contributed by atoms with van der Waals surface area (Å²) in [5, 5.41) is 23.2. The molecule has 5 N–H and O–H groups in total. The van der Waals surface area contributed by atoms with Crippen molar-refractivity contribution in [2.45, 2.75) is 57.6 Å². The third kappa shape index (κ3) is 3.77. The molecule has 28 heavy (non-hydrogen) atoms. The summed E-state index contributed by atoms with van der Waals surface area (Å²) in [7, 11) is 0. The number of nitrogens with one attached hydrogen (secondary N) is 1. The van der Waals surface area contributed by atoms with Gasteiger partial charge >= 0.3 is 0 Å². The van der Waals surface area contributed by atoms with Crippen molar-refractivity contribution < 1.29 is 19.7 Å². The number of aliphatic hydroxyl groups is 2. The number of hydrogen-bond donors (Lipinski definition) is 4. The summed E-state index contributed by atoms with van der Waals surface area (Å²) >= 11 is 0. The predicted molar refractivity (Wildman–Crippen MR) is 101 cm³/mol. The Morgan fingerprint density at radius 2 is 2.14 bits per heavy atom. The number of likely N-dealkylation sites (N-methyl/N-ethyl adjacent to an activating group) is 1. The Labute approximate surface area is 162 Å². The fraction of sp³-hybridized carbons (Fsp3) is 0.556. The van der Waals surface area contributed by atoms with E-state index in [-0.39, 0.29) is 11.6 Å². The first-order valence-corrected chi connectivity index (χ1v) is 9.26. The second kappa shape index (κ2) is 8.52. The van der Waals surface area contributed by atoms with E-state index < -0.39 is 30.4 Å². The molecule has 0 radical (unpaired) electrons. The molecule has 2 aromatic heterocycles. The van der Waals surface area contributed by atoms with Gasteiger partial charge in [-0.15, -0.1) is 0 Å². The van der Waals surface area contributed by atoms with Crippen LogP contribution in [-0.2, 0) is 9.53 Å². The lowest BCUT2D eigenvalue weighted by Gasteiger charge is -2.16. The molecule has 1 aliphatic rings. The zero-order valence-electron chi connectivity index (χ0n) is 15.8. The lowest BCUT2D eigenvalue weighted by atomic mass is 10.1. The molecule has 3 rings (SSSR count). The smallest absolute Gasteiger partial charge is 0.252 e. The van der Waals surface area contributed by atoms with Crippen molar-refractivity contribution in [1.29, 1.82) is 0 Å². The van der Waals surface area contributed by atoms with Gasteiger partial charge in [0.05, 0.1) is 6.33 Å². The first kappa shape index (κ1) is 20.0. The minimum absolute atomic E-state index is 0.150. The average Bonchev–Trinajstić information content (AvgIpc) is 3.21. The number of fused-ring (bicyclic) bond motifs is 1. The molecule has 1 saturated heterocycles. The van der Waals surface area contributed by atoms with Gasteiger partial charge in [-0.1, -0.05) is 19.3 Å². The molecule has 10 heteroatoms. The maximum absolute atomic E-state index is 12.1. The Morgan fingerprint density at radius 1 is 1.36 bits per heavy atom. The molecule has 0 aromatic carbocycles. The van der Waals surface area contributed by atoms with Crippen molar-refractivity contribution in [1.82, 2.24) is 24.8 Å². The number of amides is 1. The van der Waals surface area contributed by atoms with Gasteiger partial charge in [-0.2, -0.15) is 0 Å². The number of carbonyl (C=O) groups excluding carboxylic acids is 1. The SMILES string of the molecule is CCCCC#Cc1nc(N)c2ncn([C@@H]3O[C@H](C(=O)NCC)[C@@H](O)[C@@H]3O)c2n1. The monoisotopic (exact) mass is 388 g/mol. The van der Waals surface area contributed by atoms with Crippen LogP contribution in [0.5, 0.6) is 0 Å². The number of ether oxygens (including phenoxy) is 1. The highest BCUT2D eigenvalue weighted by Gasteiger charge is 2.47. The maximum atomic E-state index is 12.1. The number of nitrogen functional groups attached to an aromatic ring is 1. The largest absolute Gasteiger partial charge is 0.387 e. The van der Waals surface area contributed by atoms with Gasteiger partial charge < -0.3 is 26.0 Å². The Kier molecular flexibility index (Phi) is 6.08. The first-order valence-electron chi connectivity index (χ1n) is 9.26. The normalized spacial score (nSPS) is 24.1. The summed E-state index contributed by atoms with van der Waals surface area (Å²) in [6, 6.07) is 0. The first-order chi connectivity index (χ1) is 13.5. The number of anilines is 1. The maximum Gasteiger partial charge on any atom is 0.252 e. The summed E-state index contributed by atoms with van der Waals surface area (Å²) < 4.78 is 7.05. The number of hydrogen-bond acceptors (Lipinski definition) is 8. The average molecular weight is 388 g/mol. The third-order valence-corrected chi connectivity index (χ3v) is 4.43. The van der Waals surface area contributed by atoms with Gasteiger partial charge in [0.15, 0.2) is 23.8 Å². The number of imidazole rings is 1. The molecule has 0 bridgehead atoms. The van der Waals surface area contributed by atoms with Crippen LogP contribution in [0.4, 0.5) is 5.82 Å². The van der Waals surface area contributed by atoms with E-state index in [9.17, 15) is 15.0 Å². The molecule has 1 aliphatic heterocycles. The van der Waals surface area contributed by atoms with Gasteiger partial charge in [0.25, 0.3) is 5.91 Å². The van der Waals surface area contributed by atoms with Crippen LogP contribution in [0.3, 0.4) is 0 Å². The minimum Gasteiger partial charge on any atom is -0.387 e. The van der Waals surface area contributed by atoms with Crippen molar-refractivity contribution in [3.63, 3.8) is 0 Å². The molecule has 4 atom stereocenters. The highest BCUT2D eigenvalue weighted by Crippen LogP contribution is 2.32. The van der Waals surface area contributed by atoms with Crippen LogP contribution in [0.15, 0.2) is 6.33 Å². The van der Waals surface area contributed by atoms with Crippen molar-refractivity contribution in [2.24, 2.45) is 0 Å². The highest BCUT2D eigenvalue weighted by molar-refractivity contribution is 5.83. The standard InChI is InChI=1S/C18H24N6O4/c1-3-5-6-7-8-10-22-15(19)11-16(23-10)24(9-21-11)18-13(26)12(25)14(28-18)17(27)20-4-2/h9,12-14,18,25-26H,3-6H2,1-2H3,(H,20,27)(H2,19,22,23)/t12-,13-,14-,18+/m0/s1. The Bertz CT molecular complexity index is 918. The molecule has 0 spiro atoms. The second-order valence-electron chi connectivity index (χ2n) is 6.48. The van der Waals surface area contributed by atoms with E-state index in [4.69, 9.17) is 10.5 Å². The van der Waals surface area contributed by atoms with Crippen molar-refractivity contribution in [3.05, 3.63) is 12.2 Å². The Hall–Kier alpha value is -2.74. The van der Waals surface area contributed by atoms with Crippen molar-refractivity contribution in [2.75, 3.05) is 12.3 Å². The van der Waals surface area contributed by atoms with E-state index in [0.717, 1.165) is 19.3 Å². The van der Waals surface area contributed by atoms with E-state index in [1.54, 1.807) is 6.92 Å². The molecule has 0 aliphatic carbocycles. The summed E-state index contributed by atoms with van der Waals surface area (Å²) in [6.45, 7) is 4.21. The van der Waals surface area contributed by atoms with Gasteiger partial charge in [-0.25, -0.2) is 15.0 Å². The molecule has 0 unspecified atom stereocenters. The molecular formula is C18H24N6O4. The Morgan fingerprint density at radius 3 is 2.86 bits per heavy atom. The number of nitrogens with two attached hydrogens (primary N) is 1. The van der Waals surface area contributed by atoms with E-state index >= 15 is 0 Å². The summed E-state index contributed by atoms with van der Waals surface area (Å²) in [6.07, 6.45) is -0.874. The Balaban J connectivity index is 1.93. The van der Waals surface area contributed by atoms with Gasteiger partial charge in [0, 0.05) is 13.0 Å². The number of nitrogens with zero attached hydrogens (tertiary/aromatic N) is 4. The van der Waals surface area contributed by atoms with Gasteiger partial charge in [-0.3, -0.25) is 9.36 Å². The van der Waals surface area contributed by atoms with Crippen LogP contribution >= 0.6 is 0 Å². The molecule has 0 saturated carbocycles. The van der Waals surface area contributed by atoms with Crippen LogP contribution in [0.2, 0.25) is 0 Å². The third-order valence-electron chi connectivity index (χ3n) is 4.43. The molecule has 1 fully saturated rings. The van der Waals surface area contributed by atoms with Crippen LogP contribution in [-0.4, -0.2) is 60.5 Å².